The van der Waals surface area contributed by atoms with Gasteiger partial charge >= 0.3 is 5.69 Å². The second-order valence-electron chi connectivity index (χ2n) is 5.79. The molecule has 0 bridgehead atoms. The average Bonchev–Trinajstić information content (AvgIpc) is 2.44. The summed E-state index contributed by atoms with van der Waals surface area (Å²) in [6.07, 6.45) is 1.25. The van der Waals surface area contributed by atoms with Gasteiger partial charge in [-0.25, -0.2) is 4.79 Å². The molecule has 0 radical (unpaired) electrons. The van der Waals surface area contributed by atoms with Crippen molar-refractivity contribution in [2.24, 2.45) is 5.92 Å². The molecular formula is C14H26N4O3. The third-order valence-corrected chi connectivity index (χ3v) is 3.83. The number of hydrogen-bond donors (Lipinski definition) is 4. The molecule has 0 aliphatic heterocycles. The van der Waals surface area contributed by atoms with Crippen LogP contribution in [0.4, 0.5) is 11.5 Å². The number of anilines is 2. The molecular weight excluding hydrogens is 272 g/mol. The zero-order valence-corrected chi connectivity index (χ0v) is 13.2. The highest BCUT2D eigenvalue weighted by Crippen LogP contribution is 2.23. The van der Waals surface area contributed by atoms with Gasteiger partial charge in [0, 0.05) is 6.54 Å². The molecule has 21 heavy (non-hydrogen) atoms. The number of nitrogens with zero attached hydrogens (tertiary/aromatic N) is 1. The molecule has 1 aromatic rings. The molecule has 120 valence electrons. The van der Waals surface area contributed by atoms with E-state index in [0.717, 1.165) is 0 Å². The summed E-state index contributed by atoms with van der Waals surface area (Å²) in [7, 11) is 0. The Bertz CT molecular complexity index is 577. The summed E-state index contributed by atoms with van der Waals surface area (Å²) in [6.45, 7) is 8.05. The molecule has 5 N–H and O–H groups in total. The first-order chi connectivity index (χ1) is 9.80. The number of aliphatic hydroxyl groups is 1. The van der Waals surface area contributed by atoms with Crippen molar-refractivity contribution in [3.05, 3.63) is 20.8 Å². The summed E-state index contributed by atoms with van der Waals surface area (Å²) in [6, 6.07) is 0. The number of nitrogens with two attached hydrogens (primary N) is 1. The van der Waals surface area contributed by atoms with Crippen LogP contribution in [0.1, 0.15) is 40.5 Å². The van der Waals surface area contributed by atoms with Crippen molar-refractivity contribution >= 4 is 11.5 Å². The lowest BCUT2D eigenvalue weighted by Gasteiger charge is -2.32. The van der Waals surface area contributed by atoms with E-state index in [0.29, 0.717) is 19.4 Å². The van der Waals surface area contributed by atoms with Crippen molar-refractivity contribution in [3.63, 3.8) is 0 Å². The smallest absolute Gasteiger partial charge is 0.330 e. The van der Waals surface area contributed by atoms with E-state index >= 15 is 0 Å². The van der Waals surface area contributed by atoms with Crippen LogP contribution in [-0.2, 0) is 6.54 Å². The van der Waals surface area contributed by atoms with Crippen molar-refractivity contribution in [3.8, 4) is 0 Å². The maximum absolute atomic E-state index is 12.0. The molecule has 1 aromatic heterocycles. The lowest BCUT2D eigenvalue weighted by atomic mass is 9.93. The van der Waals surface area contributed by atoms with Crippen LogP contribution in [0.2, 0.25) is 0 Å². The number of aliphatic hydroxyl groups excluding tert-OH is 1. The van der Waals surface area contributed by atoms with Gasteiger partial charge < -0.3 is 16.2 Å². The highest BCUT2D eigenvalue weighted by atomic mass is 16.3. The molecule has 0 saturated heterocycles. The monoisotopic (exact) mass is 298 g/mol. The van der Waals surface area contributed by atoms with Crippen LogP contribution in [0, 0.1) is 5.92 Å². The summed E-state index contributed by atoms with van der Waals surface area (Å²) in [5.41, 5.74) is 4.45. The minimum Gasteiger partial charge on any atom is -0.394 e. The molecule has 0 aliphatic rings. The quantitative estimate of drug-likeness (QED) is 0.593. The molecule has 1 rings (SSSR count). The Kier molecular flexibility index (Phi) is 5.60. The standard InChI is InChI=1S/C14H26N4O3/c1-5-14(6-2,8-19)17-10-11(15)18(7-9(3)4)13(21)16-12(10)20/h9,17,19H,5-8,15H2,1-4H3,(H,16,20,21). The van der Waals surface area contributed by atoms with E-state index in [2.05, 4.69) is 10.3 Å². The number of rotatable bonds is 7. The number of nitrogen functional groups attached to an aromatic ring is 1. The molecule has 0 amide bonds. The fourth-order valence-electron chi connectivity index (χ4n) is 2.21. The van der Waals surface area contributed by atoms with Crippen molar-refractivity contribution in [1.29, 1.82) is 0 Å². The Hall–Kier alpha value is -1.76. The summed E-state index contributed by atoms with van der Waals surface area (Å²) >= 11 is 0. The topological polar surface area (TPSA) is 113 Å². The molecule has 0 fully saturated rings. The number of H-pyrrole nitrogens is 1. The minimum absolute atomic E-state index is 0.108. The Morgan fingerprint density at radius 3 is 2.33 bits per heavy atom. The van der Waals surface area contributed by atoms with Gasteiger partial charge in [0.05, 0.1) is 12.1 Å². The first kappa shape index (κ1) is 17.3. The van der Waals surface area contributed by atoms with E-state index in [1.165, 1.54) is 4.57 Å². The third kappa shape index (κ3) is 3.66. The lowest BCUT2D eigenvalue weighted by Crippen LogP contribution is -2.44. The first-order valence-corrected chi connectivity index (χ1v) is 7.31. The predicted octanol–water partition coefficient (Wildman–Crippen LogP) is 0.738. The summed E-state index contributed by atoms with van der Waals surface area (Å²) in [5.74, 6) is 0.320. The Balaban J connectivity index is 3.37. The van der Waals surface area contributed by atoms with Gasteiger partial charge in [-0.15, -0.1) is 0 Å². The Morgan fingerprint density at radius 1 is 1.33 bits per heavy atom. The molecule has 0 aliphatic carbocycles. The van der Waals surface area contributed by atoms with Crippen molar-refractivity contribution in [2.75, 3.05) is 17.7 Å². The Labute approximate surface area is 124 Å². The van der Waals surface area contributed by atoms with Crippen LogP contribution in [-0.4, -0.2) is 26.8 Å². The van der Waals surface area contributed by atoms with Gasteiger partial charge in [0.2, 0.25) is 0 Å². The third-order valence-electron chi connectivity index (χ3n) is 3.83. The molecule has 0 atom stereocenters. The van der Waals surface area contributed by atoms with E-state index in [9.17, 15) is 14.7 Å². The molecule has 0 aromatic carbocycles. The van der Waals surface area contributed by atoms with Gasteiger partial charge in [0.15, 0.2) is 0 Å². The van der Waals surface area contributed by atoms with E-state index in [4.69, 9.17) is 5.73 Å². The van der Waals surface area contributed by atoms with Gasteiger partial charge in [-0.2, -0.15) is 0 Å². The highest BCUT2D eigenvalue weighted by molar-refractivity contribution is 5.61. The van der Waals surface area contributed by atoms with Crippen LogP contribution in [0.3, 0.4) is 0 Å². The fraction of sp³-hybridized carbons (Fsp3) is 0.714. The number of nitrogens with one attached hydrogen (secondary N) is 2. The predicted molar refractivity (Wildman–Crippen MR) is 84.6 cm³/mol. The van der Waals surface area contributed by atoms with Crippen LogP contribution < -0.4 is 22.3 Å². The number of aromatic amines is 1. The lowest BCUT2D eigenvalue weighted by molar-refractivity contribution is 0.202. The molecule has 0 saturated carbocycles. The van der Waals surface area contributed by atoms with Crippen LogP contribution in [0.15, 0.2) is 9.59 Å². The maximum Gasteiger partial charge on any atom is 0.330 e. The van der Waals surface area contributed by atoms with E-state index in [1.807, 2.05) is 27.7 Å². The first-order valence-electron chi connectivity index (χ1n) is 7.31. The molecule has 0 spiro atoms. The number of aromatic nitrogens is 2. The van der Waals surface area contributed by atoms with Crippen molar-refractivity contribution in [2.45, 2.75) is 52.6 Å². The largest absolute Gasteiger partial charge is 0.394 e. The molecule has 1 heterocycles. The molecule has 7 nitrogen and oxygen atoms in total. The fourth-order valence-corrected chi connectivity index (χ4v) is 2.21. The van der Waals surface area contributed by atoms with Gasteiger partial charge in [0.1, 0.15) is 11.5 Å². The summed E-state index contributed by atoms with van der Waals surface area (Å²) in [5, 5.41) is 12.6. The van der Waals surface area contributed by atoms with E-state index < -0.39 is 16.8 Å². The minimum atomic E-state index is -0.624. The SMILES string of the molecule is CCC(CC)(CO)Nc1c(N)n(CC(C)C)c(=O)[nH]c1=O. The van der Waals surface area contributed by atoms with Crippen LogP contribution in [0.5, 0.6) is 0 Å². The van der Waals surface area contributed by atoms with Crippen molar-refractivity contribution < 1.29 is 5.11 Å². The van der Waals surface area contributed by atoms with Gasteiger partial charge in [-0.05, 0) is 18.8 Å². The van der Waals surface area contributed by atoms with Gasteiger partial charge in [-0.1, -0.05) is 27.7 Å². The van der Waals surface area contributed by atoms with Crippen LogP contribution in [0.25, 0.3) is 0 Å². The normalized spacial score (nSPS) is 11.9. The van der Waals surface area contributed by atoms with E-state index in [1.54, 1.807) is 0 Å². The molecule has 7 heteroatoms. The Morgan fingerprint density at radius 2 is 1.90 bits per heavy atom. The highest BCUT2D eigenvalue weighted by Gasteiger charge is 2.27. The second-order valence-corrected chi connectivity index (χ2v) is 5.79. The van der Waals surface area contributed by atoms with Gasteiger partial charge in [-0.3, -0.25) is 14.3 Å². The second kappa shape index (κ2) is 6.80. The average molecular weight is 298 g/mol. The molecule has 0 unspecified atom stereocenters. The van der Waals surface area contributed by atoms with Crippen molar-refractivity contribution in [1.82, 2.24) is 9.55 Å². The van der Waals surface area contributed by atoms with Gasteiger partial charge in [0.25, 0.3) is 5.56 Å². The zero-order chi connectivity index (χ0) is 16.2. The number of hydrogen-bond acceptors (Lipinski definition) is 5. The summed E-state index contributed by atoms with van der Waals surface area (Å²) in [4.78, 5) is 26.2. The van der Waals surface area contributed by atoms with Crippen LogP contribution >= 0.6 is 0 Å². The summed E-state index contributed by atoms with van der Waals surface area (Å²) < 4.78 is 1.35. The zero-order valence-electron chi connectivity index (χ0n) is 13.2. The van der Waals surface area contributed by atoms with E-state index in [-0.39, 0.29) is 24.0 Å². The maximum atomic E-state index is 12.0.